The van der Waals surface area contributed by atoms with Crippen LogP contribution in [-0.4, -0.2) is 37.8 Å². The standard InChI is InChI=1S/C19H17N5O2/c1-20-19(26)12-8-9-13-14(10-12)22-18(21-13)16-17(25)15(23-24(16)2)11-6-4-3-5-7-11/h3-10,25H,1-2H3,(H,20,26)(H,21,22). The summed E-state index contributed by atoms with van der Waals surface area (Å²) in [6.45, 7) is 0. The Morgan fingerprint density at radius 2 is 1.96 bits per heavy atom. The van der Waals surface area contributed by atoms with Crippen molar-refractivity contribution >= 4 is 16.9 Å². The van der Waals surface area contributed by atoms with Crippen LogP contribution in [0.4, 0.5) is 0 Å². The van der Waals surface area contributed by atoms with Crippen molar-refractivity contribution in [3.8, 4) is 28.5 Å². The van der Waals surface area contributed by atoms with E-state index in [0.29, 0.717) is 33.8 Å². The first kappa shape index (κ1) is 15.9. The summed E-state index contributed by atoms with van der Waals surface area (Å²) in [5.74, 6) is 0.380. The largest absolute Gasteiger partial charge is 0.504 e. The number of nitrogens with one attached hydrogen (secondary N) is 2. The Labute approximate surface area is 149 Å². The van der Waals surface area contributed by atoms with Gasteiger partial charge in [-0.2, -0.15) is 5.10 Å². The summed E-state index contributed by atoms with van der Waals surface area (Å²) < 4.78 is 1.59. The molecule has 0 spiro atoms. The Morgan fingerprint density at radius 1 is 1.19 bits per heavy atom. The topological polar surface area (TPSA) is 95.8 Å². The van der Waals surface area contributed by atoms with Gasteiger partial charge in [0, 0.05) is 25.2 Å². The molecule has 4 aromatic rings. The van der Waals surface area contributed by atoms with Gasteiger partial charge in [-0.05, 0) is 18.2 Å². The third-order valence-electron chi connectivity index (χ3n) is 4.26. The van der Waals surface area contributed by atoms with Gasteiger partial charge in [0.2, 0.25) is 0 Å². The van der Waals surface area contributed by atoms with Crippen molar-refractivity contribution in [2.45, 2.75) is 0 Å². The number of hydrogen-bond donors (Lipinski definition) is 3. The number of amides is 1. The molecule has 0 aliphatic rings. The van der Waals surface area contributed by atoms with E-state index < -0.39 is 0 Å². The molecular formula is C19H17N5O2. The van der Waals surface area contributed by atoms with Crippen LogP contribution in [0.2, 0.25) is 0 Å². The van der Waals surface area contributed by atoms with Crippen LogP contribution in [0.1, 0.15) is 10.4 Å². The van der Waals surface area contributed by atoms with Gasteiger partial charge in [0.25, 0.3) is 5.91 Å². The molecule has 0 atom stereocenters. The number of carbonyl (C=O) groups excluding carboxylic acids is 1. The van der Waals surface area contributed by atoms with Gasteiger partial charge in [0.05, 0.1) is 11.0 Å². The number of aromatic hydroxyl groups is 1. The molecule has 130 valence electrons. The quantitative estimate of drug-likeness (QED) is 0.531. The van der Waals surface area contributed by atoms with E-state index in [-0.39, 0.29) is 11.7 Å². The maximum Gasteiger partial charge on any atom is 0.251 e. The number of benzene rings is 2. The predicted octanol–water partition coefficient (Wildman–Crippen LogP) is 2.70. The van der Waals surface area contributed by atoms with Gasteiger partial charge in [-0.25, -0.2) is 4.98 Å². The monoisotopic (exact) mass is 347 g/mol. The predicted molar refractivity (Wildman–Crippen MR) is 98.8 cm³/mol. The van der Waals surface area contributed by atoms with E-state index >= 15 is 0 Å². The molecule has 3 N–H and O–H groups in total. The zero-order valence-corrected chi connectivity index (χ0v) is 14.3. The lowest BCUT2D eigenvalue weighted by atomic mass is 10.1. The van der Waals surface area contributed by atoms with Gasteiger partial charge < -0.3 is 15.4 Å². The van der Waals surface area contributed by atoms with Gasteiger partial charge >= 0.3 is 0 Å². The highest BCUT2D eigenvalue weighted by Gasteiger charge is 2.21. The highest BCUT2D eigenvalue weighted by molar-refractivity contribution is 5.97. The fourth-order valence-electron chi connectivity index (χ4n) is 2.98. The van der Waals surface area contributed by atoms with Crippen molar-refractivity contribution in [1.29, 1.82) is 0 Å². The van der Waals surface area contributed by atoms with Gasteiger partial charge in [-0.3, -0.25) is 9.48 Å². The lowest BCUT2D eigenvalue weighted by Gasteiger charge is -1.98. The number of hydrogen-bond acceptors (Lipinski definition) is 4. The number of imidazole rings is 1. The molecule has 2 aromatic carbocycles. The number of aromatic amines is 1. The number of aromatic nitrogens is 4. The summed E-state index contributed by atoms with van der Waals surface area (Å²) in [4.78, 5) is 19.5. The fraction of sp³-hybridized carbons (Fsp3) is 0.105. The van der Waals surface area contributed by atoms with E-state index in [1.54, 1.807) is 37.0 Å². The van der Waals surface area contributed by atoms with Crippen LogP contribution >= 0.6 is 0 Å². The third-order valence-corrected chi connectivity index (χ3v) is 4.26. The third kappa shape index (κ3) is 2.50. The van der Waals surface area contributed by atoms with Crippen molar-refractivity contribution in [3.05, 3.63) is 54.1 Å². The summed E-state index contributed by atoms with van der Waals surface area (Å²) in [6.07, 6.45) is 0. The van der Waals surface area contributed by atoms with Gasteiger partial charge in [-0.1, -0.05) is 30.3 Å². The second-order valence-electron chi connectivity index (χ2n) is 5.93. The normalized spacial score (nSPS) is 11.0. The van der Waals surface area contributed by atoms with Crippen LogP contribution in [0, 0.1) is 0 Å². The first-order valence-corrected chi connectivity index (χ1v) is 8.12. The first-order valence-electron chi connectivity index (χ1n) is 8.12. The summed E-state index contributed by atoms with van der Waals surface area (Å²) in [5, 5.41) is 17.7. The minimum Gasteiger partial charge on any atom is -0.504 e. The molecule has 4 rings (SSSR count). The summed E-state index contributed by atoms with van der Waals surface area (Å²) >= 11 is 0. The number of H-pyrrole nitrogens is 1. The SMILES string of the molecule is CNC(=O)c1ccc2nc(-c3c(O)c(-c4ccccc4)nn3C)[nH]c2c1. The lowest BCUT2D eigenvalue weighted by molar-refractivity contribution is 0.0963. The summed E-state index contributed by atoms with van der Waals surface area (Å²) in [7, 11) is 3.34. The minimum absolute atomic E-state index is 0.0595. The maximum absolute atomic E-state index is 11.8. The number of carbonyl (C=O) groups is 1. The van der Waals surface area contributed by atoms with Crippen LogP contribution in [0.15, 0.2) is 48.5 Å². The first-order chi connectivity index (χ1) is 12.6. The molecule has 0 saturated carbocycles. The Hall–Kier alpha value is -3.61. The van der Waals surface area contributed by atoms with Crippen LogP contribution < -0.4 is 5.32 Å². The average molecular weight is 347 g/mol. The van der Waals surface area contributed by atoms with Crippen LogP contribution in [0.25, 0.3) is 33.8 Å². The van der Waals surface area contributed by atoms with Crippen LogP contribution in [0.5, 0.6) is 5.75 Å². The Bertz CT molecular complexity index is 1110. The summed E-state index contributed by atoms with van der Waals surface area (Å²) in [6, 6.07) is 14.7. The molecule has 1 amide bonds. The molecule has 0 aliphatic heterocycles. The lowest BCUT2D eigenvalue weighted by Crippen LogP contribution is -2.17. The van der Waals surface area contributed by atoms with Gasteiger partial charge in [-0.15, -0.1) is 0 Å². The zero-order valence-electron chi connectivity index (χ0n) is 14.3. The van der Waals surface area contributed by atoms with Crippen molar-refractivity contribution in [2.24, 2.45) is 7.05 Å². The second kappa shape index (κ2) is 6.03. The van der Waals surface area contributed by atoms with E-state index in [4.69, 9.17) is 0 Å². The number of aryl methyl sites for hydroxylation is 1. The van der Waals surface area contributed by atoms with Gasteiger partial charge in [0.15, 0.2) is 11.6 Å². The van der Waals surface area contributed by atoms with E-state index in [0.717, 1.165) is 5.56 Å². The van der Waals surface area contributed by atoms with Gasteiger partial charge in [0.1, 0.15) is 11.4 Å². The molecule has 0 radical (unpaired) electrons. The number of nitrogens with zero attached hydrogens (tertiary/aromatic N) is 3. The zero-order chi connectivity index (χ0) is 18.3. The van der Waals surface area contributed by atoms with Crippen LogP contribution in [-0.2, 0) is 7.05 Å². The van der Waals surface area contributed by atoms with E-state index in [2.05, 4.69) is 20.4 Å². The average Bonchev–Trinajstić information content (AvgIpc) is 3.21. The highest BCUT2D eigenvalue weighted by Crippen LogP contribution is 2.36. The Morgan fingerprint density at radius 3 is 2.69 bits per heavy atom. The van der Waals surface area contributed by atoms with Crippen molar-refractivity contribution in [1.82, 2.24) is 25.1 Å². The van der Waals surface area contributed by atoms with Crippen molar-refractivity contribution in [3.63, 3.8) is 0 Å². The molecule has 0 fully saturated rings. The minimum atomic E-state index is -0.169. The molecule has 2 aromatic heterocycles. The second-order valence-corrected chi connectivity index (χ2v) is 5.93. The molecule has 26 heavy (non-hydrogen) atoms. The molecule has 2 heterocycles. The van der Waals surface area contributed by atoms with E-state index in [1.807, 2.05) is 30.3 Å². The van der Waals surface area contributed by atoms with Crippen molar-refractivity contribution in [2.75, 3.05) is 7.05 Å². The van der Waals surface area contributed by atoms with E-state index in [1.165, 1.54) is 0 Å². The maximum atomic E-state index is 11.8. The molecule has 7 heteroatoms. The molecule has 0 saturated heterocycles. The molecule has 7 nitrogen and oxygen atoms in total. The Kier molecular flexibility index (Phi) is 3.69. The molecule has 0 aliphatic carbocycles. The molecule has 0 unspecified atom stereocenters. The Balaban J connectivity index is 1.83. The van der Waals surface area contributed by atoms with Crippen molar-refractivity contribution < 1.29 is 9.90 Å². The number of rotatable bonds is 3. The fourth-order valence-corrected chi connectivity index (χ4v) is 2.98. The summed E-state index contributed by atoms with van der Waals surface area (Å²) in [5.41, 5.74) is 3.76. The van der Waals surface area contributed by atoms with E-state index in [9.17, 15) is 9.90 Å². The smallest absolute Gasteiger partial charge is 0.251 e. The van der Waals surface area contributed by atoms with Crippen LogP contribution in [0.3, 0.4) is 0 Å². The molecule has 0 bridgehead atoms. The highest BCUT2D eigenvalue weighted by atomic mass is 16.3. The number of fused-ring (bicyclic) bond motifs is 1. The molecular weight excluding hydrogens is 330 g/mol.